The molecule has 0 bridgehead atoms. The fourth-order valence-electron chi connectivity index (χ4n) is 2.26. The van der Waals surface area contributed by atoms with Gasteiger partial charge in [0.05, 0.1) is 35.4 Å². The van der Waals surface area contributed by atoms with Crippen molar-refractivity contribution in [2.45, 2.75) is 11.3 Å². The molecule has 7 heteroatoms. The van der Waals surface area contributed by atoms with Crippen molar-refractivity contribution in [1.82, 2.24) is 4.98 Å². The summed E-state index contributed by atoms with van der Waals surface area (Å²) in [4.78, 5) is 16.7. The molecule has 3 rings (SSSR count). The first-order chi connectivity index (χ1) is 12.2. The number of fused-ring (bicyclic) bond motifs is 1. The standard InChI is InChI=1S/C18H18N2O3S2/c1-3-23-12-8-9-14-16(10-12)25-18(20-14)24-11-17(21)19-13-6-4-5-7-15(13)22-2/h4-10H,3,11H2,1-2H3,(H,19,21). The van der Waals surface area contributed by atoms with Gasteiger partial charge in [0, 0.05) is 0 Å². The number of thioether (sulfide) groups is 1. The van der Waals surface area contributed by atoms with Crippen LogP contribution in [0.1, 0.15) is 6.92 Å². The predicted octanol–water partition coefficient (Wildman–Crippen LogP) is 4.43. The van der Waals surface area contributed by atoms with Crippen molar-refractivity contribution < 1.29 is 14.3 Å². The average molecular weight is 374 g/mol. The first-order valence-electron chi connectivity index (χ1n) is 7.78. The number of methoxy groups -OCH3 is 1. The van der Waals surface area contributed by atoms with E-state index in [0.29, 0.717) is 18.0 Å². The molecule has 0 unspecified atom stereocenters. The van der Waals surface area contributed by atoms with E-state index in [0.717, 1.165) is 20.3 Å². The van der Waals surface area contributed by atoms with Crippen LogP contribution in [0.3, 0.4) is 0 Å². The Balaban J connectivity index is 1.62. The van der Waals surface area contributed by atoms with E-state index in [1.807, 2.05) is 49.4 Å². The number of carbonyl (C=O) groups excluding carboxylic acids is 1. The third-order valence-electron chi connectivity index (χ3n) is 3.36. The maximum atomic E-state index is 12.2. The third-order valence-corrected chi connectivity index (χ3v) is 5.52. The number of thiazole rings is 1. The van der Waals surface area contributed by atoms with Crippen LogP contribution in [-0.2, 0) is 4.79 Å². The second kappa shape index (κ2) is 8.22. The molecule has 0 radical (unpaired) electrons. The number of para-hydroxylation sites is 2. The molecule has 1 heterocycles. The number of anilines is 1. The van der Waals surface area contributed by atoms with Gasteiger partial charge in [0.25, 0.3) is 0 Å². The highest BCUT2D eigenvalue weighted by atomic mass is 32.2. The largest absolute Gasteiger partial charge is 0.495 e. The highest BCUT2D eigenvalue weighted by Gasteiger charge is 2.10. The Hall–Kier alpha value is -2.25. The summed E-state index contributed by atoms with van der Waals surface area (Å²) in [7, 11) is 1.58. The smallest absolute Gasteiger partial charge is 0.234 e. The summed E-state index contributed by atoms with van der Waals surface area (Å²) in [5, 5.41) is 2.86. The van der Waals surface area contributed by atoms with Gasteiger partial charge in [0.1, 0.15) is 11.5 Å². The van der Waals surface area contributed by atoms with Gasteiger partial charge >= 0.3 is 0 Å². The number of nitrogens with one attached hydrogen (secondary N) is 1. The minimum Gasteiger partial charge on any atom is -0.495 e. The maximum absolute atomic E-state index is 12.2. The van der Waals surface area contributed by atoms with Gasteiger partial charge in [-0.1, -0.05) is 23.9 Å². The molecular weight excluding hydrogens is 356 g/mol. The quantitative estimate of drug-likeness (QED) is 0.620. The second-order valence-electron chi connectivity index (χ2n) is 5.08. The number of rotatable bonds is 7. The van der Waals surface area contributed by atoms with Crippen molar-refractivity contribution in [3.05, 3.63) is 42.5 Å². The van der Waals surface area contributed by atoms with E-state index in [1.165, 1.54) is 11.8 Å². The molecule has 130 valence electrons. The van der Waals surface area contributed by atoms with Crippen molar-refractivity contribution in [3.63, 3.8) is 0 Å². The van der Waals surface area contributed by atoms with Gasteiger partial charge < -0.3 is 14.8 Å². The van der Waals surface area contributed by atoms with Gasteiger partial charge in [-0.15, -0.1) is 11.3 Å². The summed E-state index contributed by atoms with van der Waals surface area (Å²) in [5.41, 5.74) is 1.59. The van der Waals surface area contributed by atoms with Gasteiger partial charge in [0.2, 0.25) is 5.91 Å². The summed E-state index contributed by atoms with van der Waals surface area (Å²) >= 11 is 2.98. The van der Waals surface area contributed by atoms with E-state index in [9.17, 15) is 4.79 Å². The van der Waals surface area contributed by atoms with Crippen LogP contribution in [0.4, 0.5) is 5.69 Å². The molecule has 1 aromatic heterocycles. The number of benzene rings is 2. The molecule has 3 aromatic rings. The van der Waals surface area contributed by atoms with Crippen LogP contribution in [0.25, 0.3) is 10.2 Å². The normalized spacial score (nSPS) is 10.6. The van der Waals surface area contributed by atoms with Gasteiger partial charge in [-0.05, 0) is 37.3 Å². The van der Waals surface area contributed by atoms with Crippen LogP contribution in [0.15, 0.2) is 46.8 Å². The molecule has 1 N–H and O–H groups in total. The van der Waals surface area contributed by atoms with Crippen LogP contribution in [0.2, 0.25) is 0 Å². The van der Waals surface area contributed by atoms with E-state index in [4.69, 9.17) is 9.47 Å². The molecule has 0 saturated heterocycles. The number of hydrogen-bond acceptors (Lipinski definition) is 6. The van der Waals surface area contributed by atoms with Crippen molar-refractivity contribution in [1.29, 1.82) is 0 Å². The van der Waals surface area contributed by atoms with Crippen LogP contribution in [0, 0.1) is 0 Å². The summed E-state index contributed by atoms with van der Waals surface area (Å²) in [5.74, 6) is 1.67. The Kier molecular flexibility index (Phi) is 5.78. The van der Waals surface area contributed by atoms with E-state index in [1.54, 1.807) is 18.4 Å². The first-order valence-corrected chi connectivity index (χ1v) is 9.59. The molecular formula is C18H18N2O3S2. The zero-order chi connectivity index (χ0) is 17.6. The lowest BCUT2D eigenvalue weighted by Gasteiger charge is -2.09. The number of carbonyl (C=O) groups is 1. The fourth-order valence-corrected chi connectivity index (χ4v) is 4.16. The van der Waals surface area contributed by atoms with Crippen LogP contribution in [-0.4, -0.2) is 30.4 Å². The van der Waals surface area contributed by atoms with E-state index >= 15 is 0 Å². The summed E-state index contributed by atoms with van der Waals surface area (Å²) in [6.07, 6.45) is 0. The number of ether oxygens (including phenoxy) is 2. The minimum atomic E-state index is -0.0937. The first kappa shape index (κ1) is 17.6. The van der Waals surface area contributed by atoms with Crippen LogP contribution in [0.5, 0.6) is 11.5 Å². The molecule has 0 aliphatic heterocycles. The lowest BCUT2D eigenvalue weighted by atomic mass is 10.3. The zero-order valence-corrected chi connectivity index (χ0v) is 15.6. The molecule has 0 atom stereocenters. The molecule has 0 saturated carbocycles. The number of aromatic nitrogens is 1. The van der Waals surface area contributed by atoms with Crippen LogP contribution >= 0.6 is 23.1 Å². The number of nitrogens with zero attached hydrogens (tertiary/aromatic N) is 1. The Labute approximate surface area is 154 Å². The Bertz CT molecular complexity index is 880. The van der Waals surface area contributed by atoms with E-state index < -0.39 is 0 Å². The Morgan fingerprint density at radius 1 is 1.28 bits per heavy atom. The molecule has 2 aromatic carbocycles. The SMILES string of the molecule is CCOc1ccc2nc(SCC(=O)Nc3ccccc3OC)sc2c1. The maximum Gasteiger partial charge on any atom is 0.234 e. The van der Waals surface area contributed by atoms with Gasteiger partial charge in [0.15, 0.2) is 4.34 Å². The second-order valence-corrected chi connectivity index (χ2v) is 7.33. The summed E-state index contributed by atoms with van der Waals surface area (Å²) < 4.78 is 12.7. The number of hydrogen-bond donors (Lipinski definition) is 1. The minimum absolute atomic E-state index is 0.0937. The monoisotopic (exact) mass is 374 g/mol. The molecule has 1 amide bonds. The topological polar surface area (TPSA) is 60.5 Å². The van der Waals surface area contributed by atoms with Crippen LogP contribution < -0.4 is 14.8 Å². The zero-order valence-electron chi connectivity index (χ0n) is 13.9. The number of amides is 1. The van der Waals surface area contributed by atoms with Crippen molar-refractivity contribution in [3.8, 4) is 11.5 Å². The van der Waals surface area contributed by atoms with Gasteiger partial charge in [-0.3, -0.25) is 4.79 Å². The highest BCUT2D eigenvalue weighted by Crippen LogP contribution is 2.32. The van der Waals surface area contributed by atoms with E-state index in [-0.39, 0.29) is 11.7 Å². The molecule has 25 heavy (non-hydrogen) atoms. The predicted molar refractivity (Wildman–Crippen MR) is 103 cm³/mol. The van der Waals surface area contributed by atoms with Crippen molar-refractivity contribution in [2.75, 3.05) is 24.8 Å². The third kappa shape index (κ3) is 4.43. The molecule has 0 fully saturated rings. The van der Waals surface area contributed by atoms with Gasteiger partial charge in [-0.25, -0.2) is 4.98 Å². The van der Waals surface area contributed by atoms with Crippen molar-refractivity contribution >= 4 is 44.9 Å². The molecule has 5 nitrogen and oxygen atoms in total. The highest BCUT2D eigenvalue weighted by molar-refractivity contribution is 8.01. The fraction of sp³-hybridized carbons (Fsp3) is 0.222. The lowest BCUT2D eigenvalue weighted by Crippen LogP contribution is -2.14. The Morgan fingerprint density at radius 2 is 2.12 bits per heavy atom. The van der Waals surface area contributed by atoms with Gasteiger partial charge in [-0.2, -0.15) is 0 Å². The van der Waals surface area contributed by atoms with Crippen molar-refractivity contribution in [2.24, 2.45) is 0 Å². The summed E-state index contributed by atoms with van der Waals surface area (Å²) in [6, 6.07) is 13.2. The van der Waals surface area contributed by atoms with E-state index in [2.05, 4.69) is 10.3 Å². The lowest BCUT2D eigenvalue weighted by molar-refractivity contribution is -0.113. The molecule has 0 aliphatic rings. The Morgan fingerprint density at radius 3 is 2.92 bits per heavy atom. The average Bonchev–Trinajstić information content (AvgIpc) is 3.03. The molecule has 0 spiro atoms. The summed E-state index contributed by atoms with van der Waals surface area (Å²) in [6.45, 7) is 2.59. The molecule has 0 aliphatic carbocycles.